The van der Waals surface area contributed by atoms with E-state index in [1.807, 2.05) is 0 Å². The van der Waals surface area contributed by atoms with E-state index >= 15 is 0 Å². The first-order chi connectivity index (χ1) is 14.5. The third-order valence-electron chi connectivity index (χ3n) is 4.08. The number of ether oxygens (including phenoxy) is 1. The highest BCUT2D eigenvalue weighted by molar-refractivity contribution is 7.66. The first kappa shape index (κ1) is 27.1. The molecular weight excluding hydrogens is 513 g/mol. The molecule has 1 aliphatic heterocycles. The number of phosphoric acid groups is 3. The molecule has 2 rings (SSSR count). The summed E-state index contributed by atoms with van der Waals surface area (Å²) in [5, 5.41) is 10.4. The molecule has 0 radical (unpaired) electrons. The van der Waals surface area contributed by atoms with Crippen LogP contribution in [0.1, 0.15) is 6.23 Å². The number of phosphoric ester groups is 1. The maximum absolute atomic E-state index is 13.8. The SMILES string of the molecule is Nc1ccn([C@@H]2O[C@](CF)(COP(=O)(O)OP(=O)(O)OP(=O)(O)O)[C@@H](O)[C@@H]2CF)c(=O)n1. The summed E-state index contributed by atoms with van der Waals surface area (Å²) in [6.07, 6.45) is -2.74. The van der Waals surface area contributed by atoms with Crippen LogP contribution >= 0.6 is 23.5 Å². The van der Waals surface area contributed by atoms with Gasteiger partial charge < -0.3 is 35.2 Å². The molecule has 7 N–H and O–H groups in total. The molecule has 21 heteroatoms. The topological polar surface area (TPSA) is 250 Å². The number of nitrogens with zero attached hydrogens (tertiary/aromatic N) is 2. The van der Waals surface area contributed by atoms with Gasteiger partial charge in [-0.05, 0) is 6.07 Å². The molecule has 1 aliphatic rings. The van der Waals surface area contributed by atoms with Gasteiger partial charge in [0.2, 0.25) is 0 Å². The smallest absolute Gasteiger partial charge is 0.389 e. The molecule has 2 unspecified atom stereocenters. The van der Waals surface area contributed by atoms with Gasteiger partial charge in [-0.1, -0.05) is 0 Å². The lowest BCUT2D eigenvalue weighted by Crippen LogP contribution is -2.47. The summed E-state index contributed by atoms with van der Waals surface area (Å²) >= 11 is 0. The summed E-state index contributed by atoms with van der Waals surface area (Å²) in [6.45, 7) is -4.44. The minimum Gasteiger partial charge on any atom is -0.389 e. The first-order valence-corrected chi connectivity index (χ1v) is 12.7. The van der Waals surface area contributed by atoms with E-state index in [9.17, 15) is 37.3 Å². The normalized spacial score (nSPS) is 30.0. The summed E-state index contributed by atoms with van der Waals surface area (Å²) in [5.41, 5.74) is 1.71. The summed E-state index contributed by atoms with van der Waals surface area (Å²) in [6, 6.07) is 1.12. The molecule has 0 aliphatic carbocycles. The molecule has 1 fully saturated rings. The number of aromatic nitrogens is 2. The van der Waals surface area contributed by atoms with Gasteiger partial charge in [0.15, 0.2) is 0 Å². The van der Waals surface area contributed by atoms with Crippen molar-refractivity contribution in [1.82, 2.24) is 9.55 Å². The predicted octanol–water partition coefficient (Wildman–Crippen LogP) is -0.648. The fourth-order valence-corrected chi connectivity index (χ4v) is 5.83. The van der Waals surface area contributed by atoms with Crippen LogP contribution in [0.3, 0.4) is 0 Å². The number of hydrogen-bond acceptors (Lipinski definition) is 11. The van der Waals surface area contributed by atoms with Crippen LogP contribution in [0.25, 0.3) is 0 Å². The van der Waals surface area contributed by atoms with Gasteiger partial charge in [-0.15, -0.1) is 0 Å². The minimum absolute atomic E-state index is 0.203. The molecule has 184 valence electrons. The van der Waals surface area contributed by atoms with Crippen molar-refractivity contribution >= 4 is 29.3 Å². The first-order valence-electron chi connectivity index (χ1n) is 8.15. The van der Waals surface area contributed by atoms with E-state index in [-0.39, 0.29) is 5.82 Å². The maximum Gasteiger partial charge on any atom is 0.490 e. The number of hydrogen-bond donors (Lipinski definition) is 6. The fraction of sp³-hybridized carbons (Fsp3) is 0.636. The average Bonchev–Trinajstić information content (AvgIpc) is 2.89. The molecule has 6 atom stereocenters. The van der Waals surface area contributed by atoms with Crippen molar-refractivity contribution in [3.05, 3.63) is 22.7 Å². The Bertz CT molecular complexity index is 1040. The average molecular weight is 531 g/mol. The van der Waals surface area contributed by atoms with E-state index < -0.39 is 73.0 Å². The molecule has 0 aromatic carbocycles. The third kappa shape index (κ3) is 6.47. The molecule has 32 heavy (non-hydrogen) atoms. The number of halogens is 2. The summed E-state index contributed by atoms with van der Waals surface area (Å²) < 4.78 is 78.5. The van der Waals surface area contributed by atoms with Crippen molar-refractivity contribution in [1.29, 1.82) is 0 Å². The maximum atomic E-state index is 13.8. The van der Waals surface area contributed by atoms with Crippen molar-refractivity contribution in [2.75, 3.05) is 25.7 Å². The van der Waals surface area contributed by atoms with Crippen LogP contribution in [0.2, 0.25) is 0 Å². The second-order valence-corrected chi connectivity index (χ2v) is 10.8. The van der Waals surface area contributed by atoms with Crippen LogP contribution in [0.4, 0.5) is 14.6 Å². The second-order valence-electron chi connectivity index (χ2n) is 6.38. The van der Waals surface area contributed by atoms with Gasteiger partial charge in [-0.25, -0.2) is 22.9 Å². The van der Waals surface area contributed by atoms with Crippen LogP contribution in [0, 0.1) is 5.92 Å². The van der Waals surface area contributed by atoms with E-state index in [2.05, 4.69) is 18.1 Å². The molecule has 1 aromatic rings. The number of aliphatic hydroxyl groups is 1. The zero-order chi connectivity index (χ0) is 24.5. The molecule has 2 heterocycles. The minimum atomic E-state index is -5.86. The standard InChI is InChI=1S/C11H18F2N3O13P3/c12-3-6-8(17)11(4-13,27-9(6)16-2-1-7(14)15-10(16)18)5-26-31(22,23)29-32(24,25)28-30(19,20)21/h1-2,6,8-9,17H,3-5H2,(H,22,23)(H,24,25)(H2,14,15,18)(H2,19,20,21)/t6-,8-,9+,11+/m0/s1. The molecule has 1 saturated heterocycles. The number of anilines is 1. The molecule has 1 aromatic heterocycles. The lowest BCUT2D eigenvalue weighted by molar-refractivity contribution is -0.136. The summed E-state index contributed by atoms with van der Waals surface area (Å²) in [7, 11) is -17.2. The van der Waals surface area contributed by atoms with Crippen molar-refractivity contribution in [2.24, 2.45) is 5.92 Å². The van der Waals surface area contributed by atoms with Crippen LogP contribution in [0.15, 0.2) is 17.1 Å². The van der Waals surface area contributed by atoms with Gasteiger partial charge >= 0.3 is 29.2 Å². The zero-order valence-corrected chi connectivity index (χ0v) is 18.3. The van der Waals surface area contributed by atoms with E-state index in [1.165, 1.54) is 0 Å². The highest BCUT2D eigenvalue weighted by Gasteiger charge is 2.57. The quantitative estimate of drug-likeness (QED) is 0.205. The molecule has 0 saturated carbocycles. The highest BCUT2D eigenvalue weighted by atomic mass is 31.3. The molecular formula is C11H18F2N3O13P3. The van der Waals surface area contributed by atoms with Gasteiger partial charge in [-0.2, -0.15) is 13.6 Å². The Kier molecular flexibility index (Phi) is 8.15. The van der Waals surface area contributed by atoms with Gasteiger partial charge in [-0.3, -0.25) is 13.5 Å². The number of alkyl halides is 2. The Balaban J connectivity index is 2.25. The Labute approximate surface area is 177 Å². The largest absolute Gasteiger partial charge is 0.490 e. The van der Waals surface area contributed by atoms with Crippen LogP contribution in [-0.2, 0) is 31.6 Å². The Morgan fingerprint density at radius 1 is 1.19 bits per heavy atom. The number of aliphatic hydroxyl groups excluding tert-OH is 1. The lowest BCUT2D eigenvalue weighted by Gasteiger charge is -2.29. The Morgan fingerprint density at radius 2 is 1.81 bits per heavy atom. The fourth-order valence-electron chi connectivity index (χ4n) is 2.75. The molecule has 0 amide bonds. The monoisotopic (exact) mass is 531 g/mol. The highest BCUT2D eigenvalue weighted by Crippen LogP contribution is 2.66. The second kappa shape index (κ2) is 9.62. The van der Waals surface area contributed by atoms with Gasteiger partial charge in [0.25, 0.3) is 0 Å². The lowest BCUT2D eigenvalue weighted by atomic mass is 9.92. The van der Waals surface area contributed by atoms with E-state index in [0.717, 1.165) is 12.3 Å². The predicted molar refractivity (Wildman–Crippen MR) is 97.0 cm³/mol. The number of nitrogen functional groups attached to an aromatic ring is 1. The molecule has 16 nitrogen and oxygen atoms in total. The number of nitrogens with two attached hydrogens (primary N) is 1. The molecule has 0 bridgehead atoms. The van der Waals surface area contributed by atoms with Crippen LogP contribution < -0.4 is 11.4 Å². The summed E-state index contributed by atoms with van der Waals surface area (Å²) in [5.74, 6) is -1.80. The van der Waals surface area contributed by atoms with Gasteiger partial charge in [0.1, 0.15) is 24.3 Å². The third-order valence-corrected chi connectivity index (χ3v) is 7.87. The Hall–Kier alpha value is -1.13. The van der Waals surface area contributed by atoms with Crippen LogP contribution in [-0.4, -0.2) is 65.9 Å². The zero-order valence-electron chi connectivity index (χ0n) is 15.6. The van der Waals surface area contributed by atoms with Crippen molar-refractivity contribution in [2.45, 2.75) is 17.9 Å². The van der Waals surface area contributed by atoms with Gasteiger partial charge in [0.05, 0.1) is 25.3 Å². The van der Waals surface area contributed by atoms with Crippen molar-refractivity contribution in [3.63, 3.8) is 0 Å². The molecule has 0 spiro atoms. The van der Waals surface area contributed by atoms with Gasteiger partial charge in [0, 0.05) is 6.20 Å². The van der Waals surface area contributed by atoms with Crippen molar-refractivity contribution in [3.8, 4) is 0 Å². The number of rotatable bonds is 10. The van der Waals surface area contributed by atoms with Crippen molar-refractivity contribution < 1.29 is 65.0 Å². The Morgan fingerprint density at radius 3 is 2.31 bits per heavy atom. The van der Waals surface area contributed by atoms with E-state index in [0.29, 0.717) is 4.57 Å². The van der Waals surface area contributed by atoms with E-state index in [1.54, 1.807) is 0 Å². The van der Waals surface area contributed by atoms with E-state index in [4.69, 9.17) is 25.2 Å². The summed E-state index contributed by atoms with van der Waals surface area (Å²) in [4.78, 5) is 51.0. The van der Waals surface area contributed by atoms with Crippen LogP contribution in [0.5, 0.6) is 0 Å².